The van der Waals surface area contributed by atoms with Gasteiger partial charge >= 0.3 is 0 Å². The Morgan fingerprint density at radius 1 is 1.06 bits per heavy atom. The highest BCUT2D eigenvalue weighted by molar-refractivity contribution is 6.30. The van der Waals surface area contributed by atoms with Gasteiger partial charge in [-0.05, 0) is 47.7 Å². The molecule has 3 heteroatoms. The number of aryl methyl sites for hydroxylation is 2. The Morgan fingerprint density at radius 2 is 1.88 bits per heavy atom. The summed E-state index contributed by atoms with van der Waals surface area (Å²) >= 11 is 6.01. The standard InChI is InChI=1S/C14H12ClNO/c15-12-4-3-10-7-14-11(2-1-9(10)5-12)6-13(17)8-16-14/h3-6,8,17H,1-2,7H2. The van der Waals surface area contributed by atoms with Crippen molar-refractivity contribution in [2.75, 3.05) is 0 Å². The van der Waals surface area contributed by atoms with Gasteiger partial charge in [0.15, 0.2) is 0 Å². The summed E-state index contributed by atoms with van der Waals surface area (Å²) in [6.07, 6.45) is 4.19. The number of halogens is 1. The fourth-order valence-electron chi connectivity index (χ4n) is 2.35. The molecule has 0 saturated heterocycles. The molecule has 0 spiro atoms. The second kappa shape index (κ2) is 4.04. The predicted octanol–water partition coefficient (Wildman–Crippen LogP) is 3.13. The van der Waals surface area contributed by atoms with Gasteiger partial charge < -0.3 is 5.11 Å². The number of nitrogens with zero attached hydrogens (tertiary/aromatic N) is 1. The van der Waals surface area contributed by atoms with E-state index in [0.29, 0.717) is 0 Å². The maximum atomic E-state index is 9.46. The highest BCUT2D eigenvalue weighted by atomic mass is 35.5. The van der Waals surface area contributed by atoms with E-state index >= 15 is 0 Å². The monoisotopic (exact) mass is 245 g/mol. The van der Waals surface area contributed by atoms with Gasteiger partial charge in [0.2, 0.25) is 0 Å². The fourth-order valence-corrected chi connectivity index (χ4v) is 2.55. The Labute approximate surface area is 105 Å². The third-order valence-electron chi connectivity index (χ3n) is 3.24. The molecule has 0 radical (unpaired) electrons. The first-order chi connectivity index (χ1) is 8.22. The zero-order valence-corrected chi connectivity index (χ0v) is 10.0. The topological polar surface area (TPSA) is 33.1 Å². The van der Waals surface area contributed by atoms with Crippen LogP contribution >= 0.6 is 11.6 Å². The fraction of sp³-hybridized carbons (Fsp3) is 0.214. The van der Waals surface area contributed by atoms with Crippen LogP contribution in [0.25, 0.3) is 0 Å². The van der Waals surface area contributed by atoms with E-state index in [1.54, 1.807) is 0 Å². The Morgan fingerprint density at radius 3 is 2.76 bits per heavy atom. The van der Waals surface area contributed by atoms with E-state index in [4.69, 9.17) is 11.6 Å². The number of benzene rings is 1. The van der Waals surface area contributed by atoms with Gasteiger partial charge in [-0.1, -0.05) is 17.7 Å². The van der Waals surface area contributed by atoms with Gasteiger partial charge in [-0.3, -0.25) is 4.98 Å². The molecule has 0 amide bonds. The van der Waals surface area contributed by atoms with Gasteiger partial charge in [-0.15, -0.1) is 0 Å². The normalized spacial score (nSPS) is 13.7. The van der Waals surface area contributed by atoms with Crippen LogP contribution in [0.1, 0.15) is 22.4 Å². The third kappa shape index (κ3) is 2.01. The number of hydrogen-bond donors (Lipinski definition) is 1. The summed E-state index contributed by atoms with van der Waals surface area (Å²) in [6, 6.07) is 7.84. The molecule has 2 nitrogen and oxygen atoms in total. The van der Waals surface area contributed by atoms with Crippen LogP contribution in [0.4, 0.5) is 0 Å². The van der Waals surface area contributed by atoms with E-state index in [-0.39, 0.29) is 5.75 Å². The van der Waals surface area contributed by atoms with Crippen molar-refractivity contribution in [2.45, 2.75) is 19.3 Å². The SMILES string of the molecule is Oc1cnc2c(c1)CCc1cc(Cl)ccc1C2. The van der Waals surface area contributed by atoms with Crippen molar-refractivity contribution < 1.29 is 5.11 Å². The molecule has 1 N–H and O–H groups in total. The second-order valence-corrected chi connectivity index (χ2v) is 4.83. The highest BCUT2D eigenvalue weighted by Gasteiger charge is 2.14. The quantitative estimate of drug-likeness (QED) is 0.774. The molecule has 1 aliphatic carbocycles. The van der Waals surface area contributed by atoms with Crippen molar-refractivity contribution in [3.63, 3.8) is 0 Å². The first-order valence-electron chi connectivity index (χ1n) is 5.66. The van der Waals surface area contributed by atoms with Crippen LogP contribution in [-0.4, -0.2) is 10.1 Å². The maximum absolute atomic E-state index is 9.46. The summed E-state index contributed by atoms with van der Waals surface area (Å²) in [6.45, 7) is 0. The third-order valence-corrected chi connectivity index (χ3v) is 3.47. The molecular formula is C14H12ClNO. The van der Waals surface area contributed by atoms with Crippen LogP contribution < -0.4 is 0 Å². The Kier molecular flexibility index (Phi) is 2.52. The van der Waals surface area contributed by atoms with Gasteiger partial charge in [0.1, 0.15) is 5.75 Å². The second-order valence-electron chi connectivity index (χ2n) is 4.39. The molecule has 3 rings (SSSR count). The molecule has 1 aliphatic rings. The molecule has 0 unspecified atom stereocenters. The average Bonchev–Trinajstić information content (AvgIpc) is 2.48. The van der Waals surface area contributed by atoms with E-state index in [1.807, 2.05) is 18.2 Å². The molecule has 86 valence electrons. The molecular weight excluding hydrogens is 234 g/mol. The molecule has 0 fully saturated rings. The average molecular weight is 246 g/mol. The minimum Gasteiger partial charge on any atom is -0.506 e. The summed E-state index contributed by atoms with van der Waals surface area (Å²) < 4.78 is 0. The van der Waals surface area contributed by atoms with Gasteiger partial charge in [0.25, 0.3) is 0 Å². The predicted molar refractivity (Wildman–Crippen MR) is 67.6 cm³/mol. The summed E-state index contributed by atoms with van der Waals surface area (Å²) in [7, 11) is 0. The smallest absolute Gasteiger partial charge is 0.134 e. The molecule has 0 saturated carbocycles. The Hall–Kier alpha value is -1.54. The van der Waals surface area contributed by atoms with Crippen molar-refractivity contribution in [3.8, 4) is 5.75 Å². The number of fused-ring (bicyclic) bond motifs is 2. The molecule has 0 bridgehead atoms. The molecule has 1 heterocycles. The lowest BCUT2D eigenvalue weighted by molar-refractivity contribution is 0.471. The molecule has 1 aromatic carbocycles. The van der Waals surface area contributed by atoms with E-state index in [1.165, 1.54) is 17.3 Å². The van der Waals surface area contributed by atoms with Crippen LogP contribution in [0.15, 0.2) is 30.5 Å². The lowest BCUT2D eigenvalue weighted by atomic mass is 10.0. The minimum absolute atomic E-state index is 0.243. The van der Waals surface area contributed by atoms with Gasteiger partial charge in [-0.2, -0.15) is 0 Å². The van der Waals surface area contributed by atoms with Crippen LogP contribution in [0.5, 0.6) is 5.75 Å². The Bertz CT molecular complexity index is 529. The first kappa shape index (κ1) is 10.6. The molecule has 2 aromatic rings. The molecule has 17 heavy (non-hydrogen) atoms. The largest absolute Gasteiger partial charge is 0.506 e. The van der Waals surface area contributed by atoms with Crippen molar-refractivity contribution in [3.05, 3.63) is 57.9 Å². The summed E-state index contributed by atoms with van der Waals surface area (Å²) in [5.74, 6) is 0.243. The summed E-state index contributed by atoms with van der Waals surface area (Å²) in [4.78, 5) is 4.32. The summed E-state index contributed by atoms with van der Waals surface area (Å²) in [5.41, 5.74) is 4.77. The zero-order valence-electron chi connectivity index (χ0n) is 9.28. The maximum Gasteiger partial charge on any atom is 0.134 e. The van der Waals surface area contributed by atoms with Crippen molar-refractivity contribution in [1.82, 2.24) is 4.98 Å². The van der Waals surface area contributed by atoms with Crippen molar-refractivity contribution in [1.29, 1.82) is 0 Å². The van der Waals surface area contributed by atoms with E-state index in [2.05, 4.69) is 11.1 Å². The van der Waals surface area contributed by atoms with E-state index in [0.717, 1.165) is 35.5 Å². The van der Waals surface area contributed by atoms with E-state index < -0.39 is 0 Å². The van der Waals surface area contributed by atoms with Crippen LogP contribution in [0, 0.1) is 0 Å². The number of aromatic hydroxyl groups is 1. The molecule has 1 aromatic heterocycles. The zero-order chi connectivity index (χ0) is 11.8. The molecule has 0 aliphatic heterocycles. The lowest BCUT2D eigenvalue weighted by Crippen LogP contribution is -1.95. The van der Waals surface area contributed by atoms with Crippen LogP contribution in [0.2, 0.25) is 5.02 Å². The minimum atomic E-state index is 0.243. The van der Waals surface area contributed by atoms with Gasteiger partial charge in [0.05, 0.1) is 6.20 Å². The number of pyridine rings is 1. The van der Waals surface area contributed by atoms with Gasteiger partial charge in [-0.25, -0.2) is 0 Å². The number of hydrogen-bond acceptors (Lipinski definition) is 2. The first-order valence-corrected chi connectivity index (χ1v) is 6.04. The van der Waals surface area contributed by atoms with Crippen molar-refractivity contribution in [2.24, 2.45) is 0 Å². The lowest BCUT2D eigenvalue weighted by Gasteiger charge is -2.05. The van der Waals surface area contributed by atoms with E-state index in [9.17, 15) is 5.11 Å². The number of aromatic nitrogens is 1. The molecule has 0 atom stereocenters. The Balaban J connectivity index is 2.07. The van der Waals surface area contributed by atoms with Crippen LogP contribution in [0.3, 0.4) is 0 Å². The van der Waals surface area contributed by atoms with Crippen molar-refractivity contribution >= 4 is 11.6 Å². The summed E-state index contributed by atoms with van der Waals surface area (Å²) in [5, 5.41) is 10.2. The van der Waals surface area contributed by atoms with Gasteiger partial charge in [0, 0.05) is 17.1 Å². The van der Waals surface area contributed by atoms with Crippen LogP contribution in [-0.2, 0) is 19.3 Å². The number of rotatable bonds is 0. The highest BCUT2D eigenvalue weighted by Crippen LogP contribution is 2.26.